The highest BCUT2D eigenvalue weighted by atomic mass is 79.9. The standard InChI is InChI=1S/C12H7BrF2N4O/c1-5-10-9(13)12(20)18-19(10)11(17-16-5)7-3-2-6(14)4-8(7)15/h2-4H,1H3,(H,18,20). The number of nitrogens with one attached hydrogen (secondary N) is 1. The van der Waals surface area contributed by atoms with Gasteiger partial charge in [-0.3, -0.25) is 9.89 Å². The summed E-state index contributed by atoms with van der Waals surface area (Å²) in [6, 6.07) is 3.11. The number of nitrogens with zero attached hydrogens (tertiary/aromatic N) is 3. The number of hydrogen-bond donors (Lipinski definition) is 1. The normalized spacial score (nSPS) is 11.2. The summed E-state index contributed by atoms with van der Waals surface area (Å²) in [5.41, 5.74) is 0.625. The second-order valence-electron chi connectivity index (χ2n) is 4.17. The van der Waals surface area contributed by atoms with E-state index in [-0.39, 0.29) is 21.4 Å². The molecule has 2 aromatic heterocycles. The van der Waals surface area contributed by atoms with Gasteiger partial charge in [0.05, 0.1) is 11.3 Å². The lowest BCUT2D eigenvalue weighted by Crippen LogP contribution is -2.06. The molecule has 0 aliphatic rings. The number of aromatic nitrogens is 4. The monoisotopic (exact) mass is 340 g/mol. The van der Waals surface area contributed by atoms with Crippen LogP contribution in [0.25, 0.3) is 16.9 Å². The number of aromatic amines is 1. The van der Waals surface area contributed by atoms with Crippen molar-refractivity contribution in [1.82, 2.24) is 19.8 Å². The van der Waals surface area contributed by atoms with E-state index >= 15 is 0 Å². The van der Waals surface area contributed by atoms with E-state index in [9.17, 15) is 13.6 Å². The molecule has 0 spiro atoms. The zero-order valence-corrected chi connectivity index (χ0v) is 11.7. The molecule has 3 rings (SSSR count). The zero-order valence-electron chi connectivity index (χ0n) is 10.1. The SMILES string of the molecule is Cc1nnc(-c2ccc(F)cc2F)n2[nH]c(=O)c(Br)c12. The third kappa shape index (κ3) is 1.83. The maximum atomic E-state index is 13.8. The molecular formula is C12H7BrF2N4O. The van der Waals surface area contributed by atoms with Crippen LogP contribution >= 0.6 is 15.9 Å². The summed E-state index contributed by atoms with van der Waals surface area (Å²) in [5.74, 6) is -1.38. The predicted molar refractivity (Wildman–Crippen MR) is 71.4 cm³/mol. The van der Waals surface area contributed by atoms with Gasteiger partial charge in [0.15, 0.2) is 5.82 Å². The van der Waals surface area contributed by atoms with E-state index in [1.807, 2.05) is 0 Å². The number of fused-ring (bicyclic) bond motifs is 1. The number of benzene rings is 1. The predicted octanol–water partition coefficient (Wildman–Crippen LogP) is 2.43. The van der Waals surface area contributed by atoms with Gasteiger partial charge in [-0.15, -0.1) is 5.10 Å². The quantitative estimate of drug-likeness (QED) is 0.740. The minimum atomic E-state index is -0.782. The average molecular weight is 341 g/mol. The van der Waals surface area contributed by atoms with Crippen LogP contribution in [0.5, 0.6) is 0 Å². The van der Waals surface area contributed by atoms with E-state index in [1.165, 1.54) is 10.6 Å². The van der Waals surface area contributed by atoms with Gasteiger partial charge in [0.1, 0.15) is 21.6 Å². The fraction of sp³-hybridized carbons (Fsp3) is 0.0833. The molecule has 8 heteroatoms. The molecule has 20 heavy (non-hydrogen) atoms. The highest BCUT2D eigenvalue weighted by Crippen LogP contribution is 2.24. The van der Waals surface area contributed by atoms with Crippen LogP contribution in [-0.4, -0.2) is 19.8 Å². The average Bonchev–Trinajstić information content (AvgIpc) is 2.68. The summed E-state index contributed by atoms with van der Waals surface area (Å²) in [4.78, 5) is 11.7. The van der Waals surface area contributed by atoms with Crippen LogP contribution in [0, 0.1) is 18.6 Å². The lowest BCUT2D eigenvalue weighted by molar-refractivity contribution is 0.584. The Balaban J connectivity index is 2.40. The Morgan fingerprint density at radius 3 is 2.75 bits per heavy atom. The topological polar surface area (TPSA) is 63.1 Å². The smallest absolute Gasteiger partial charge is 0.267 e. The van der Waals surface area contributed by atoms with Crippen molar-refractivity contribution in [3.63, 3.8) is 0 Å². The van der Waals surface area contributed by atoms with Crippen LogP contribution in [0.3, 0.4) is 0 Å². The number of H-pyrrole nitrogens is 1. The van der Waals surface area contributed by atoms with Gasteiger partial charge in [-0.05, 0) is 35.0 Å². The van der Waals surface area contributed by atoms with Crippen LogP contribution < -0.4 is 5.56 Å². The van der Waals surface area contributed by atoms with Gasteiger partial charge in [0.2, 0.25) is 0 Å². The van der Waals surface area contributed by atoms with Crippen molar-refractivity contribution in [2.45, 2.75) is 6.92 Å². The summed E-state index contributed by atoms with van der Waals surface area (Å²) in [5, 5.41) is 10.3. The molecule has 3 aromatic rings. The van der Waals surface area contributed by atoms with Gasteiger partial charge in [-0.1, -0.05) is 0 Å². The summed E-state index contributed by atoms with van der Waals surface area (Å²) in [6.07, 6.45) is 0. The van der Waals surface area contributed by atoms with E-state index in [0.29, 0.717) is 11.2 Å². The molecular weight excluding hydrogens is 334 g/mol. The maximum absolute atomic E-state index is 13.8. The van der Waals surface area contributed by atoms with Crippen LogP contribution in [-0.2, 0) is 0 Å². The van der Waals surface area contributed by atoms with E-state index < -0.39 is 11.6 Å². The number of hydrogen-bond acceptors (Lipinski definition) is 3. The first kappa shape index (κ1) is 12.9. The molecule has 0 saturated heterocycles. The first-order chi connectivity index (χ1) is 9.49. The molecule has 0 atom stereocenters. The van der Waals surface area contributed by atoms with E-state index in [2.05, 4.69) is 31.2 Å². The van der Waals surface area contributed by atoms with E-state index in [1.54, 1.807) is 6.92 Å². The Bertz CT molecular complexity index is 887. The van der Waals surface area contributed by atoms with Gasteiger partial charge >= 0.3 is 0 Å². The van der Waals surface area contributed by atoms with Crippen LogP contribution in [0.15, 0.2) is 27.5 Å². The Hall–Kier alpha value is -2.09. The maximum Gasteiger partial charge on any atom is 0.279 e. The third-order valence-electron chi connectivity index (χ3n) is 2.87. The molecule has 0 saturated carbocycles. The molecule has 5 nitrogen and oxygen atoms in total. The van der Waals surface area contributed by atoms with Crippen molar-refractivity contribution in [2.24, 2.45) is 0 Å². The fourth-order valence-electron chi connectivity index (χ4n) is 1.95. The first-order valence-corrected chi connectivity index (χ1v) is 6.37. The molecule has 2 heterocycles. The summed E-state index contributed by atoms with van der Waals surface area (Å²) >= 11 is 3.15. The minimum Gasteiger partial charge on any atom is -0.267 e. The Kier molecular flexibility index (Phi) is 2.89. The molecule has 0 unspecified atom stereocenters. The van der Waals surface area contributed by atoms with Crippen molar-refractivity contribution in [1.29, 1.82) is 0 Å². The second-order valence-corrected chi connectivity index (χ2v) is 4.97. The molecule has 0 aliphatic heterocycles. The largest absolute Gasteiger partial charge is 0.279 e. The van der Waals surface area contributed by atoms with Crippen LogP contribution in [0.2, 0.25) is 0 Å². The van der Waals surface area contributed by atoms with Gasteiger partial charge in [0, 0.05) is 6.07 Å². The lowest BCUT2D eigenvalue weighted by Gasteiger charge is -2.06. The van der Waals surface area contributed by atoms with E-state index in [4.69, 9.17) is 0 Å². The molecule has 102 valence electrons. The van der Waals surface area contributed by atoms with Gasteiger partial charge in [0.25, 0.3) is 5.56 Å². The van der Waals surface area contributed by atoms with Crippen molar-refractivity contribution in [3.05, 3.63) is 50.4 Å². The van der Waals surface area contributed by atoms with Gasteiger partial charge in [-0.2, -0.15) is 5.10 Å². The molecule has 0 bridgehead atoms. The molecule has 1 aromatic carbocycles. The van der Waals surface area contributed by atoms with Crippen LogP contribution in [0.1, 0.15) is 5.69 Å². The zero-order chi connectivity index (χ0) is 14.4. The number of halogens is 3. The van der Waals surface area contributed by atoms with Crippen molar-refractivity contribution >= 4 is 21.4 Å². The van der Waals surface area contributed by atoms with Crippen molar-refractivity contribution in [3.8, 4) is 11.4 Å². The molecule has 1 N–H and O–H groups in total. The highest BCUT2D eigenvalue weighted by molar-refractivity contribution is 9.10. The second kappa shape index (κ2) is 4.48. The lowest BCUT2D eigenvalue weighted by atomic mass is 10.2. The van der Waals surface area contributed by atoms with Crippen LogP contribution in [0.4, 0.5) is 8.78 Å². The Morgan fingerprint density at radius 1 is 1.30 bits per heavy atom. The number of rotatable bonds is 1. The van der Waals surface area contributed by atoms with Crippen molar-refractivity contribution < 1.29 is 8.78 Å². The summed E-state index contributed by atoms with van der Waals surface area (Å²) < 4.78 is 28.4. The first-order valence-electron chi connectivity index (χ1n) is 5.58. The summed E-state index contributed by atoms with van der Waals surface area (Å²) in [6.45, 7) is 1.67. The molecule has 0 radical (unpaired) electrons. The highest BCUT2D eigenvalue weighted by Gasteiger charge is 2.17. The van der Waals surface area contributed by atoms with Gasteiger partial charge in [-0.25, -0.2) is 13.3 Å². The summed E-state index contributed by atoms with van der Waals surface area (Å²) in [7, 11) is 0. The minimum absolute atomic E-state index is 0.0441. The third-order valence-corrected chi connectivity index (χ3v) is 3.60. The van der Waals surface area contributed by atoms with Gasteiger partial charge < -0.3 is 0 Å². The van der Waals surface area contributed by atoms with Crippen molar-refractivity contribution in [2.75, 3.05) is 0 Å². The Morgan fingerprint density at radius 2 is 2.05 bits per heavy atom. The number of aryl methyl sites for hydroxylation is 1. The molecule has 0 amide bonds. The van der Waals surface area contributed by atoms with E-state index in [0.717, 1.165) is 12.1 Å². The molecule has 0 fully saturated rings. The fourth-order valence-corrected chi connectivity index (χ4v) is 2.50. The Labute approximate surface area is 119 Å². The molecule has 0 aliphatic carbocycles.